The van der Waals surface area contributed by atoms with E-state index in [1.807, 2.05) is 5.57 Å². The van der Waals surface area contributed by atoms with Gasteiger partial charge in [-0.2, -0.15) is 0 Å². The second kappa shape index (κ2) is 2.83. The zero-order valence-electron chi connectivity index (χ0n) is 11.8. The standard InChI is InChI=1S/C17H26/c1-5-10(2)15-13-6-8-16(13)11(3)12(4)17(16)9-7-14(15)17/h11-14H,5-9H2,1-4H3. The van der Waals surface area contributed by atoms with Crippen LogP contribution in [0.5, 0.6) is 0 Å². The van der Waals surface area contributed by atoms with Crippen molar-refractivity contribution in [3.63, 3.8) is 0 Å². The lowest BCUT2D eigenvalue weighted by Gasteiger charge is -2.76. The van der Waals surface area contributed by atoms with Crippen LogP contribution in [-0.4, -0.2) is 0 Å². The summed E-state index contributed by atoms with van der Waals surface area (Å²) in [6.07, 6.45) is 7.43. The van der Waals surface area contributed by atoms with E-state index in [4.69, 9.17) is 0 Å². The summed E-state index contributed by atoms with van der Waals surface area (Å²) in [5.41, 5.74) is 5.30. The van der Waals surface area contributed by atoms with Gasteiger partial charge in [0.1, 0.15) is 0 Å². The van der Waals surface area contributed by atoms with E-state index < -0.39 is 0 Å². The molecule has 4 aliphatic rings. The molecular formula is C17H26. The van der Waals surface area contributed by atoms with Gasteiger partial charge in [-0.3, -0.25) is 0 Å². The van der Waals surface area contributed by atoms with Crippen molar-refractivity contribution in [2.45, 2.75) is 59.8 Å². The minimum atomic E-state index is 0.793. The third-order valence-corrected chi connectivity index (χ3v) is 7.95. The molecule has 4 saturated carbocycles. The maximum Gasteiger partial charge on any atom is -0.0133 e. The van der Waals surface area contributed by atoms with Crippen LogP contribution in [-0.2, 0) is 0 Å². The molecule has 4 rings (SSSR count). The molecule has 0 amide bonds. The van der Waals surface area contributed by atoms with Gasteiger partial charge in [-0.1, -0.05) is 31.9 Å². The third-order valence-electron chi connectivity index (χ3n) is 7.95. The van der Waals surface area contributed by atoms with Crippen molar-refractivity contribution in [3.05, 3.63) is 11.1 Å². The van der Waals surface area contributed by atoms with Crippen molar-refractivity contribution < 1.29 is 0 Å². The Kier molecular flexibility index (Phi) is 1.77. The second-order valence-corrected chi connectivity index (χ2v) is 7.43. The van der Waals surface area contributed by atoms with E-state index in [0.29, 0.717) is 0 Å². The normalized spacial score (nSPS) is 58.2. The van der Waals surface area contributed by atoms with Crippen LogP contribution >= 0.6 is 0 Å². The molecule has 6 unspecified atom stereocenters. The molecule has 0 N–H and O–H groups in total. The first-order valence-electron chi connectivity index (χ1n) is 7.80. The quantitative estimate of drug-likeness (QED) is 0.567. The van der Waals surface area contributed by atoms with E-state index in [0.717, 1.165) is 34.5 Å². The fourth-order valence-electron chi connectivity index (χ4n) is 6.96. The second-order valence-electron chi connectivity index (χ2n) is 7.43. The van der Waals surface area contributed by atoms with Gasteiger partial charge in [0, 0.05) is 0 Å². The average molecular weight is 230 g/mol. The van der Waals surface area contributed by atoms with Crippen molar-refractivity contribution >= 4 is 0 Å². The summed E-state index contributed by atoms with van der Waals surface area (Å²) >= 11 is 0. The van der Waals surface area contributed by atoms with Crippen molar-refractivity contribution in [2.75, 3.05) is 0 Å². The molecule has 94 valence electrons. The van der Waals surface area contributed by atoms with Gasteiger partial charge in [0.2, 0.25) is 0 Å². The molecule has 0 saturated heterocycles. The Labute approximate surface area is 106 Å². The summed E-state index contributed by atoms with van der Waals surface area (Å²) in [6, 6.07) is 0. The van der Waals surface area contributed by atoms with Crippen LogP contribution < -0.4 is 0 Å². The van der Waals surface area contributed by atoms with Crippen LogP contribution in [0.2, 0.25) is 0 Å². The van der Waals surface area contributed by atoms with E-state index >= 15 is 0 Å². The maximum absolute atomic E-state index is 2.56. The van der Waals surface area contributed by atoms with E-state index in [1.165, 1.54) is 19.3 Å². The molecule has 6 atom stereocenters. The zero-order chi connectivity index (χ0) is 12.0. The summed E-state index contributed by atoms with van der Waals surface area (Å²) < 4.78 is 0. The largest absolute Gasteiger partial charge is 0.0738 e. The lowest BCUT2D eigenvalue weighted by molar-refractivity contribution is -0.283. The molecule has 4 aliphatic carbocycles. The summed E-state index contributed by atoms with van der Waals surface area (Å²) in [5, 5.41) is 0. The maximum atomic E-state index is 2.56. The first kappa shape index (κ1) is 10.6. The molecule has 0 heteroatoms. The lowest BCUT2D eigenvalue weighted by Crippen LogP contribution is -2.70. The predicted octanol–water partition coefficient (Wildman–Crippen LogP) is 4.81. The van der Waals surface area contributed by atoms with Crippen molar-refractivity contribution in [3.8, 4) is 0 Å². The molecule has 17 heavy (non-hydrogen) atoms. The van der Waals surface area contributed by atoms with Crippen molar-refractivity contribution in [1.29, 1.82) is 0 Å². The minimum Gasteiger partial charge on any atom is -0.0738 e. The molecule has 4 fully saturated rings. The summed E-state index contributed by atoms with van der Waals surface area (Å²) in [6.45, 7) is 9.89. The highest BCUT2D eigenvalue weighted by molar-refractivity contribution is 5.44. The number of rotatable bonds is 1. The Balaban J connectivity index is 1.87. The Morgan fingerprint density at radius 2 is 1.53 bits per heavy atom. The van der Waals surface area contributed by atoms with E-state index in [2.05, 4.69) is 27.7 Å². The Morgan fingerprint density at radius 1 is 1.06 bits per heavy atom. The first-order valence-corrected chi connectivity index (χ1v) is 7.80. The predicted molar refractivity (Wildman–Crippen MR) is 71.6 cm³/mol. The Hall–Kier alpha value is -0.260. The summed E-state index contributed by atoms with van der Waals surface area (Å²) in [5.74, 6) is 4.04. The molecular weight excluding hydrogens is 204 g/mol. The smallest absolute Gasteiger partial charge is 0.0133 e. The minimum absolute atomic E-state index is 0.793. The molecule has 0 aliphatic heterocycles. The summed E-state index contributed by atoms with van der Waals surface area (Å²) in [4.78, 5) is 0. The first-order chi connectivity index (χ1) is 8.11. The highest BCUT2D eigenvalue weighted by Crippen LogP contribution is 2.89. The number of hydrogen-bond donors (Lipinski definition) is 0. The molecule has 0 aromatic rings. The Bertz CT molecular complexity index is 386. The summed E-state index contributed by atoms with van der Waals surface area (Å²) in [7, 11) is 0. The van der Waals surface area contributed by atoms with Gasteiger partial charge in [-0.15, -0.1) is 0 Å². The molecule has 0 bridgehead atoms. The van der Waals surface area contributed by atoms with Crippen LogP contribution in [0, 0.1) is 34.5 Å². The number of allylic oxidation sites excluding steroid dienone is 2. The van der Waals surface area contributed by atoms with Crippen LogP contribution in [0.3, 0.4) is 0 Å². The fourth-order valence-corrected chi connectivity index (χ4v) is 6.96. The molecule has 0 radical (unpaired) electrons. The third kappa shape index (κ3) is 0.755. The van der Waals surface area contributed by atoms with E-state index in [9.17, 15) is 0 Å². The van der Waals surface area contributed by atoms with Gasteiger partial charge in [-0.05, 0) is 73.5 Å². The van der Waals surface area contributed by atoms with Crippen LogP contribution in [0.25, 0.3) is 0 Å². The van der Waals surface area contributed by atoms with Gasteiger partial charge in [-0.25, -0.2) is 0 Å². The lowest BCUT2D eigenvalue weighted by atomic mass is 9.28. The molecule has 0 aromatic heterocycles. The van der Waals surface area contributed by atoms with Gasteiger partial charge in [0.15, 0.2) is 0 Å². The SMILES string of the molecule is CCC(C)=C1C2CCC23C(C)C(C)C32CCC12. The highest BCUT2D eigenvalue weighted by Gasteiger charge is 2.83. The van der Waals surface area contributed by atoms with Crippen LogP contribution in [0.1, 0.15) is 59.8 Å². The van der Waals surface area contributed by atoms with Gasteiger partial charge >= 0.3 is 0 Å². The van der Waals surface area contributed by atoms with Crippen LogP contribution in [0.15, 0.2) is 11.1 Å². The number of hydrogen-bond acceptors (Lipinski definition) is 0. The van der Waals surface area contributed by atoms with Crippen LogP contribution in [0.4, 0.5) is 0 Å². The molecule has 0 nitrogen and oxygen atoms in total. The molecule has 2 spiro atoms. The van der Waals surface area contributed by atoms with Crippen molar-refractivity contribution in [1.82, 2.24) is 0 Å². The van der Waals surface area contributed by atoms with E-state index in [-0.39, 0.29) is 0 Å². The monoisotopic (exact) mass is 230 g/mol. The Morgan fingerprint density at radius 3 is 1.82 bits per heavy atom. The van der Waals surface area contributed by atoms with Gasteiger partial charge in [0.05, 0.1) is 0 Å². The molecule has 0 heterocycles. The zero-order valence-corrected chi connectivity index (χ0v) is 11.8. The van der Waals surface area contributed by atoms with Crippen molar-refractivity contribution in [2.24, 2.45) is 34.5 Å². The van der Waals surface area contributed by atoms with Gasteiger partial charge < -0.3 is 0 Å². The molecule has 0 aromatic carbocycles. The highest BCUT2D eigenvalue weighted by atomic mass is 14.9. The van der Waals surface area contributed by atoms with E-state index in [1.54, 1.807) is 18.4 Å². The van der Waals surface area contributed by atoms with Gasteiger partial charge in [0.25, 0.3) is 0 Å². The average Bonchev–Trinajstić information content (AvgIpc) is 2.37. The fraction of sp³-hybridized carbons (Fsp3) is 0.882. The topological polar surface area (TPSA) is 0 Å².